The number of nitrogens with one attached hydrogen (secondary N) is 1. The van der Waals surface area contributed by atoms with Crippen LogP contribution in [0.3, 0.4) is 0 Å². The Morgan fingerprint density at radius 2 is 1.93 bits per heavy atom. The predicted octanol–water partition coefficient (Wildman–Crippen LogP) is 4.66. The number of amides is 2. The number of benzene rings is 2. The number of aryl methyl sites for hydroxylation is 1. The van der Waals surface area contributed by atoms with E-state index >= 15 is 0 Å². The number of nitrogens with zero attached hydrogens (tertiary/aromatic N) is 1. The van der Waals surface area contributed by atoms with Gasteiger partial charge in [-0.3, -0.25) is 9.59 Å². The maximum atomic E-state index is 13.1. The summed E-state index contributed by atoms with van der Waals surface area (Å²) in [4.78, 5) is 26.2. The SMILES string of the molecule is Cc1ccc(N2C[C@@H](C(=O)Nc3ccccc3C(F)(F)F)CC2=O)cc1Cl. The summed E-state index contributed by atoms with van der Waals surface area (Å²) in [6.07, 6.45) is -4.66. The van der Waals surface area contributed by atoms with Crippen LogP contribution in [0.2, 0.25) is 5.02 Å². The largest absolute Gasteiger partial charge is 0.418 e. The molecule has 2 aromatic carbocycles. The lowest BCUT2D eigenvalue weighted by molar-refractivity contribution is -0.137. The molecule has 8 heteroatoms. The summed E-state index contributed by atoms with van der Waals surface area (Å²) >= 11 is 6.08. The van der Waals surface area contributed by atoms with Crippen LogP contribution >= 0.6 is 11.6 Å². The van der Waals surface area contributed by atoms with Gasteiger partial charge < -0.3 is 10.2 Å². The molecule has 0 saturated carbocycles. The third-order valence-electron chi connectivity index (χ3n) is 4.45. The summed E-state index contributed by atoms with van der Waals surface area (Å²) < 4.78 is 39.2. The first-order valence-corrected chi connectivity index (χ1v) is 8.58. The molecule has 2 amide bonds. The van der Waals surface area contributed by atoms with E-state index in [4.69, 9.17) is 11.6 Å². The van der Waals surface area contributed by atoms with Gasteiger partial charge in [-0.2, -0.15) is 13.2 Å². The van der Waals surface area contributed by atoms with Crippen LogP contribution < -0.4 is 10.2 Å². The zero-order valence-corrected chi connectivity index (χ0v) is 15.1. The highest BCUT2D eigenvalue weighted by atomic mass is 35.5. The number of hydrogen-bond donors (Lipinski definition) is 1. The molecule has 0 aromatic heterocycles. The van der Waals surface area contributed by atoms with Crippen LogP contribution in [0.25, 0.3) is 0 Å². The molecule has 1 N–H and O–H groups in total. The van der Waals surface area contributed by atoms with E-state index in [2.05, 4.69) is 5.32 Å². The van der Waals surface area contributed by atoms with E-state index in [9.17, 15) is 22.8 Å². The second kappa shape index (κ2) is 7.23. The predicted molar refractivity (Wildman–Crippen MR) is 96.7 cm³/mol. The first-order valence-electron chi connectivity index (χ1n) is 8.20. The third kappa shape index (κ3) is 4.08. The second-order valence-corrected chi connectivity index (χ2v) is 6.78. The minimum Gasteiger partial charge on any atom is -0.325 e. The highest BCUT2D eigenvalue weighted by molar-refractivity contribution is 6.31. The molecule has 1 fully saturated rings. The Balaban J connectivity index is 1.76. The van der Waals surface area contributed by atoms with Crippen LogP contribution in [0.4, 0.5) is 24.5 Å². The van der Waals surface area contributed by atoms with Gasteiger partial charge in [-0.15, -0.1) is 0 Å². The number of rotatable bonds is 3. The van der Waals surface area contributed by atoms with Crippen LogP contribution in [0, 0.1) is 12.8 Å². The molecule has 0 radical (unpaired) electrons. The molecule has 0 bridgehead atoms. The second-order valence-electron chi connectivity index (χ2n) is 6.37. The molecule has 1 heterocycles. The molecule has 4 nitrogen and oxygen atoms in total. The van der Waals surface area contributed by atoms with Crippen LogP contribution in [0.1, 0.15) is 17.5 Å². The molecule has 1 atom stereocenters. The molecule has 1 saturated heterocycles. The Morgan fingerprint density at radius 3 is 2.59 bits per heavy atom. The number of alkyl halides is 3. The van der Waals surface area contributed by atoms with Crippen molar-refractivity contribution in [2.24, 2.45) is 5.92 Å². The minimum absolute atomic E-state index is 0.0779. The lowest BCUT2D eigenvalue weighted by Crippen LogP contribution is -2.28. The van der Waals surface area contributed by atoms with Gasteiger partial charge in [0.05, 0.1) is 17.2 Å². The molecule has 27 heavy (non-hydrogen) atoms. The number of para-hydroxylation sites is 1. The monoisotopic (exact) mass is 396 g/mol. The van der Waals surface area contributed by atoms with E-state index in [0.29, 0.717) is 10.7 Å². The van der Waals surface area contributed by atoms with Crippen molar-refractivity contribution in [1.82, 2.24) is 0 Å². The molecule has 0 spiro atoms. The molecule has 142 valence electrons. The van der Waals surface area contributed by atoms with Gasteiger partial charge in [0, 0.05) is 23.7 Å². The van der Waals surface area contributed by atoms with E-state index in [-0.39, 0.29) is 24.6 Å². The summed E-state index contributed by atoms with van der Waals surface area (Å²) in [5, 5.41) is 2.80. The summed E-state index contributed by atoms with van der Waals surface area (Å²) in [5.41, 5.74) is 0.163. The minimum atomic E-state index is -4.58. The van der Waals surface area contributed by atoms with Crippen molar-refractivity contribution in [3.8, 4) is 0 Å². The molecule has 1 aliphatic heterocycles. The van der Waals surface area contributed by atoms with Crippen molar-refractivity contribution in [2.45, 2.75) is 19.5 Å². The van der Waals surface area contributed by atoms with Crippen LogP contribution in [-0.4, -0.2) is 18.4 Å². The highest BCUT2D eigenvalue weighted by Crippen LogP contribution is 2.35. The van der Waals surface area contributed by atoms with Gasteiger partial charge in [0.2, 0.25) is 11.8 Å². The van der Waals surface area contributed by atoms with Crippen molar-refractivity contribution in [2.75, 3.05) is 16.8 Å². The van der Waals surface area contributed by atoms with Gasteiger partial charge in [-0.25, -0.2) is 0 Å². The van der Waals surface area contributed by atoms with Gasteiger partial charge in [0.15, 0.2) is 0 Å². The molecule has 0 aliphatic carbocycles. The Hall–Kier alpha value is -2.54. The average Bonchev–Trinajstić information content (AvgIpc) is 2.99. The summed E-state index contributed by atoms with van der Waals surface area (Å²) in [6, 6.07) is 9.86. The maximum absolute atomic E-state index is 13.1. The normalized spacial score (nSPS) is 17.3. The van der Waals surface area contributed by atoms with Gasteiger partial charge in [0.1, 0.15) is 0 Å². The van der Waals surface area contributed by atoms with E-state index in [1.807, 2.05) is 6.92 Å². The third-order valence-corrected chi connectivity index (χ3v) is 4.86. The van der Waals surface area contributed by atoms with Crippen LogP contribution in [0.5, 0.6) is 0 Å². The highest BCUT2D eigenvalue weighted by Gasteiger charge is 2.37. The Kier molecular flexibility index (Phi) is 5.15. The Bertz CT molecular complexity index is 899. The van der Waals surface area contributed by atoms with Gasteiger partial charge in [-0.1, -0.05) is 29.8 Å². The molecule has 0 unspecified atom stereocenters. The fourth-order valence-corrected chi connectivity index (χ4v) is 3.13. The van der Waals surface area contributed by atoms with Crippen molar-refractivity contribution in [3.63, 3.8) is 0 Å². The van der Waals surface area contributed by atoms with Crippen molar-refractivity contribution < 1.29 is 22.8 Å². The summed E-state index contributed by atoms with van der Waals surface area (Å²) in [6.45, 7) is 1.91. The van der Waals surface area contributed by atoms with Gasteiger partial charge in [0.25, 0.3) is 0 Å². The lowest BCUT2D eigenvalue weighted by Gasteiger charge is -2.18. The summed E-state index contributed by atoms with van der Waals surface area (Å²) in [7, 11) is 0. The first kappa shape index (κ1) is 19.2. The van der Waals surface area contributed by atoms with Crippen molar-refractivity contribution in [1.29, 1.82) is 0 Å². The molecular formula is C19H16ClF3N2O2. The van der Waals surface area contributed by atoms with E-state index in [1.165, 1.54) is 23.1 Å². The standard InChI is InChI=1S/C19H16ClF3N2O2/c1-11-6-7-13(9-15(11)20)25-10-12(8-17(25)26)18(27)24-16-5-3-2-4-14(16)19(21,22)23/h2-7,9,12H,8,10H2,1H3,(H,24,27)/t12-/m0/s1. The summed E-state index contributed by atoms with van der Waals surface area (Å²) in [5.74, 6) is -1.65. The number of carbonyl (C=O) groups excluding carboxylic acids is 2. The van der Waals surface area contributed by atoms with Gasteiger partial charge in [-0.05, 0) is 36.8 Å². The van der Waals surface area contributed by atoms with Crippen molar-refractivity contribution >= 4 is 34.8 Å². The quantitative estimate of drug-likeness (QED) is 0.820. The zero-order chi connectivity index (χ0) is 19.8. The Morgan fingerprint density at radius 1 is 1.22 bits per heavy atom. The zero-order valence-electron chi connectivity index (χ0n) is 14.3. The molecule has 1 aliphatic rings. The lowest BCUT2D eigenvalue weighted by atomic mass is 10.1. The number of halogens is 4. The van der Waals surface area contributed by atoms with E-state index < -0.39 is 23.6 Å². The Labute approximate surface area is 158 Å². The van der Waals surface area contributed by atoms with E-state index in [0.717, 1.165) is 11.6 Å². The maximum Gasteiger partial charge on any atom is 0.418 e. The molecule has 2 aromatic rings. The molecule has 3 rings (SSSR count). The van der Waals surface area contributed by atoms with Crippen LogP contribution in [-0.2, 0) is 15.8 Å². The average molecular weight is 397 g/mol. The topological polar surface area (TPSA) is 49.4 Å². The number of anilines is 2. The van der Waals surface area contributed by atoms with Gasteiger partial charge >= 0.3 is 6.18 Å². The fraction of sp³-hybridized carbons (Fsp3) is 0.263. The van der Waals surface area contributed by atoms with Crippen LogP contribution in [0.15, 0.2) is 42.5 Å². The van der Waals surface area contributed by atoms with Crippen molar-refractivity contribution in [3.05, 3.63) is 58.6 Å². The fourth-order valence-electron chi connectivity index (χ4n) is 2.96. The smallest absolute Gasteiger partial charge is 0.325 e. The number of carbonyl (C=O) groups is 2. The first-order chi connectivity index (χ1) is 12.7. The number of hydrogen-bond acceptors (Lipinski definition) is 2. The van der Waals surface area contributed by atoms with E-state index in [1.54, 1.807) is 18.2 Å². The molecular weight excluding hydrogens is 381 g/mol.